The third kappa shape index (κ3) is 6.22. The average molecular weight is 601 g/mol. The van der Waals surface area contributed by atoms with Crippen molar-refractivity contribution in [2.45, 2.75) is 46.6 Å². The molecule has 1 fully saturated rings. The lowest BCUT2D eigenvalue weighted by atomic mass is 9.95. The molecule has 4 aromatic rings. The molecule has 1 aromatic heterocycles. The van der Waals surface area contributed by atoms with Gasteiger partial charge in [-0.25, -0.2) is 4.98 Å². The van der Waals surface area contributed by atoms with Gasteiger partial charge in [-0.2, -0.15) is 0 Å². The number of ether oxygens (including phenoxy) is 3. The Morgan fingerprint density at radius 2 is 1.84 bits per heavy atom. The van der Waals surface area contributed by atoms with Crippen LogP contribution >= 0.6 is 11.3 Å². The number of rotatable bonds is 11. The average Bonchev–Trinajstić information content (AvgIpc) is 3.53. The lowest BCUT2D eigenvalue weighted by Gasteiger charge is -2.24. The standard InChI is InChI=1S/C34H36N2O6S/c1-6-15-41-24-9-7-8-23(18-24)31(37)29-30(22-11-13-26(27(19-22)40-5)42-16-14-20(2)3)36(33(39)32(29)38)34-35-25-12-10-21(4)17-28(25)43-34/h7-13,17-20,30,37H,6,14-16H2,1-5H3. The van der Waals surface area contributed by atoms with Crippen molar-refractivity contribution in [1.29, 1.82) is 0 Å². The van der Waals surface area contributed by atoms with Crippen LogP contribution in [0, 0.1) is 12.8 Å². The van der Waals surface area contributed by atoms with Crippen LogP contribution in [-0.2, 0) is 9.59 Å². The highest BCUT2D eigenvalue weighted by molar-refractivity contribution is 7.22. The third-order valence-electron chi connectivity index (χ3n) is 7.22. The van der Waals surface area contributed by atoms with Crippen LogP contribution in [0.5, 0.6) is 17.2 Å². The number of anilines is 1. The number of amides is 1. The minimum absolute atomic E-state index is 0.0383. The first-order valence-corrected chi connectivity index (χ1v) is 15.3. The van der Waals surface area contributed by atoms with E-state index < -0.39 is 17.7 Å². The van der Waals surface area contributed by atoms with Gasteiger partial charge in [0.25, 0.3) is 5.78 Å². The number of carbonyl (C=O) groups excluding carboxylic acids is 2. The Labute approximate surface area is 255 Å². The van der Waals surface area contributed by atoms with Crippen LogP contribution < -0.4 is 19.1 Å². The minimum atomic E-state index is -0.958. The maximum atomic E-state index is 13.7. The minimum Gasteiger partial charge on any atom is -0.507 e. The van der Waals surface area contributed by atoms with Crippen LogP contribution in [0.1, 0.15) is 56.3 Å². The number of nitrogens with zero attached hydrogens (tertiary/aromatic N) is 2. The number of aromatic nitrogens is 1. The Balaban J connectivity index is 1.65. The second-order valence-electron chi connectivity index (χ2n) is 11.0. The predicted molar refractivity (Wildman–Crippen MR) is 169 cm³/mol. The zero-order valence-corrected chi connectivity index (χ0v) is 25.9. The molecule has 0 aliphatic carbocycles. The number of Topliss-reactive ketones (excluding diaryl/α,β-unsaturated/α-hetero) is 1. The molecule has 0 radical (unpaired) electrons. The van der Waals surface area contributed by atoms with Crippen molar-refractivity contribution in [3.63, 3.8) is 0 Å². The van der Waals surface area contributed by atoms with Crippen LogP contribution in [0.3, 0.4) is 0 Å². The second-order valence-corrected chi connectivity index (χ2v) is 12.0. The number of hydrogen-bond donors (Lipinski definition) is 1. The number of aliphatic hydroxyl groups is 1. The van der Waals surface area contributed by atoms with Crippen molar-refractivity contribution in [2.75, 3.05) is 25.2 Å². The maximum absolute atomic E-state index is 13.7. The van der Waals surface area contributed by atoms with E-state index in [0.717, 1.165) is 28.6 Å². The summed E-state index contributed by atoms with van der Waals surface area (Å²) in [7, 11) is 1.54. The summed E-state index contributed by atoms with van der Waals surface area (Å²) in [6.07, 6.45) is 1.70. The predicted octanol–water partition coefficient (Wildman–Crippen LogP) is 7.45. The number of fused-ring (bicyclic) bond motifs is 1. The molecule has 0 bridgehead atoms. The molecular weight excluding hydrogens is 564 g/mol. The normalized spacial score (nSPS) is 16.3. The topological polar surface area (TPSA) is 98.2 Å². The highest BCUT2D eigenvalue weighted by atomic mass is 32.1. The summed E-state index contributed by atoms with van der Waals surface area (Å²) in [4.78, 5) is 33.5. The summed E-state index contributed by atoms with van der Waals surface area (Å²) in [6, 6.07) is 17.1. The van der Waals surface area contributed by atoms with E-state index in [1.807, 2.05) is 32.0 Å². The Bertz CT molecular complexity index is 1690. The van der Waals surface area contributed by atoms with Gasteiger partial charge in [-0.1, -0.05) is 56.4 Å². The van der Waals surface area contributed by atoms with E-state index in [2.05, 4.69) is 13.8 Å². The molecule has 0 spiro atoms. The van der Waals surface area contributed by atoms with Crippen molar-refractivity contribution < 1.29 is 28.9 Å². The maximum Gasteiger partial charge on any atom is 0.301 e. The fraction of sp³-hybridized carbons (Fsp3) is 0.324. The molecule has 224 valence electrons. The van der Waals surface area contributed by atoms with Gasteiger partial charge in [-0.05, 0) is 73.2 Å². The van der Waals surface area contributed by atoms with Crippen molar-refractivity contribution >= 4 is 44.1 Å². The van der Waals surface area contributed by atoms with Crippen LogP contribution in [0.25, 0.3) is 16.0 Å². The number of aryl methyl sites for hydroxylation is 1. The van der Waals surface area contributed by atoms with Gasteiger partial charge in [0, 0.05) is 5.56 Å². The monoisotopic (exact) mass is 600 g/mol. The second kappa shape index (κ2) is 12.9. The summed E-state index contributed by atoms with van der Waals surface area (Å²) in [5.74, 6) is 0.199. The molecule has 5 rings (SSSR count). The number of aliphatic hydroxyl groups excluding tert-OH is 1. The Kier molecular flexibility index (Phi) is 9.01. The van der Waals surface area contributed by atoms with Gasteiger partial charge in [0.15, 0.2) is 16.6 Å². The molecule has 1 N–H and O–H groups in total. The number of ketones is 1. The molecule has 1 amide bonds. The summed E-state index contributed by atoms with van der Waals surface area (Å²) >= 11 is 1.32. The SMILES string of the molecule is CCCOc1cccc(C(O)=C2C(=O)C(=O)N(c3nc4ccc(C)cc4s3)C2c2ccc(OCCC(C)C)c(OC)c2)c1. The van der Waals surface area contributed by atoms with E-state index in [1.54, 1.807) is 49.6 Å². The zero-order valence-electron chi connectivity index (χ0n) is 25.0. The highest BCUT2D eigenvalue weighted by Crippen LogP contribution is 2.46. The van der Waals surface area contributed by atoms with E-state index >= 15 is 0 Å². The van der Waals surface area contributed by atoms with Gasteiger partial charge in [-0.15, -0.1) is 0 Å². The molecule has 8 nitrogen and oxygen atoms in total. The zero-order chi connectivity index (χ0) is 30.7. The van der Waals surface area contributed by atoms with E-state index in [-0.39, 0.29) is 11.3 Å². The molecule has 9 heteroatoms. The van der Waals surface area contributed by atoms with Gasteiger partial charge in [0.05, 0.1) is 42.2 Å². The van der Waals surface area contributed by atoms with E-state index in [1.165, 1.54) is 16.2 Å². The van der Waals surface area contributed by atoms with Gasteiger partial charge < -0.3 is 19.3 Å². The number of thiazole rings is 1. The Hall–Kier alpha value is -4.37. The number of benzene rings is 3. The molecule has 1 atom stereocenters. The fourth-order valence-corrected chi connectivity index (χ4v) is 6.05. The van der Waals surface area contributed by atoms with Crippen molar-refractivity contribution in [1.82, 2.24) is 4.98 Å². The Morgan fingerprint density at radius 1 is 1.02 bits per heavy atom. The first-order chi connectivity index (χ1) is 20.7. The molecule has 1 saturated heterocycles. The van der Waals surface area contributed by atoms with Crippen LogP contribution in [0.15, 0.2) is 66.2 Å². The molecule has 1 unspecified atom stereocenters. The molecule has 0 saturated carbocycles. The van der Waals surface area contributed by atoms with Crippen molar-refractivity contribution in [2.24, 2.45) is 5.92 Å². The molecular formula is C34H36N2O6S. The lowest BCUT2D eigenvalue weighted by molar-refractivity contribution is -0.132. The summed E-state index contributed by atoms with van der Waals surface area (Å²) < 4.78 is 18.3. The van der Waals surface area contributed by atoms with Gasteiger partial charge >= 0.3 is 5.91 Å². The number of carbonyl (C=O) groups is 2. The summed E-state index contributed by atoms with van der Waals surface area (Å²) in [5.41, 5.74) is 2.69. The Morgan fingerprint density at radius 3 is 2.58 bits per heavy atom. The first kappa shape index (κ1) is 30.1. The van der Waals surface area contributed by atoms with Crippen LogP contribution in [0.2, 0.25) is 0 Å². The molecule has 1 aliphatic heterocycles. The molecule has 2 heterocycles. The van der Waals surface area contributed by atoms with E-state index in [0.29, 0.717) is 52.6 Å². The number of hydrogen-bond acceptors (Lipinski definition) is 8. The first-order valence-electron chi connectivity index (χ1n) is 14.4. The smallest absolute Gasteiger partial charge is 0.301 e. The highest BCUT2D eigenvalue weighted by Gasteiger charge is 2.48. The van der Waals surface area contributed by atoms with Crippen molar-refractivity contribution in [3.8, 4) is 17.2 Å². The van der Waals surface area contributed by atoms with Crippen LogP contribution in [0.4, 0.5) is 5.13 Å². The largest absolute Gasteiger partial charge is 0.507 e. The lowest BCUT2D eigenvalue weighted by Crippen LogP contribution is -2.29. The summed E-state index contributed by atoms with van der Waals surface area (Å²) in [5, 5.41) is 12.0. The fourth-order valence-electron chi connectivity index (χ4n) is 4.95. The van der Waals surface area contributed by atoms with Gasteiger partial charge in [-0.3, -0.25) is 14.5 Å². The van der Waals surface area contributed by atoms with E-state index in [4.69, 9.17) is 19.2 Å². The van der Waals surface area contributed by atoms with Gasteiger partial charge in [0.1, 0.15) is 11.5 Å². The van der Waals surface area contributed by atoms with E-state index in [9.17, 15) is 14.7 Å². The van der Waals surface area contributed by atoms with Crippen molar-refractivity contribution in [3.05, 3.63) is 82.9 Å². The molecule has 43 heavy (non-hydrogen) atoms. The third-order valence-corrected chi connectivity index (χ3v) is 8.24. The number of methoxy groups -OCH3 is 1. The van der Waals surface area contributed by atoms with Gasteiger partial charge in [0.2, 0.25) is 0 Å². The summed E-state index contributed by atoms with van der Waals surface area (Å²) in [6.45, 7) is 9.28. The van der Waals surface area contributed by atoms with Crippen LogP contribution in [-0.4, -0.2) is 42.1 Å². The quantitative estimate of drug-likeness (QED) is 0.108. The molecule has 3 aromatic carbocycles. The molecule has 1 aliphatic rings.